The lowest BCUT2D eigenvalue weighted by Crippen LogP contribution is -2.35. The minimum Gasteiger partial charge on any atom is -0.497 e. The number of anilines is 1. The van der Waals surface area contributed by atoms with Crippen molar-refractivity contribution in [2.24, 2.45) is 5.10 Å². The molecule has 1 amide bonds. The zero-order valence-corrected chi connectivity index (χ0v) is 16.2. The molecule has 1 atom stereocenters. The summed E-state index contributed by atoms with van der Waals surface area (Å²) in [5, 5.41) is 7.30. The second-order valence-electron chi connectivity index (χ2n) is 5.81. The van der Waals surface area contributed by atoms with Crippen LogP contribution in [-0.4, -0.2) is 39.0 Å². The number of nitrogens with one attached hydrogen (secondary N) is 2. The molecule has 2 rings (SSSR count). The van der Waals surface area contributed by atoms with E-state index in [4.69, 9.17) is 14.2 Å². The second-order valence-corrected chi connectivity index (χ2v) is 5.81. The van der Waals surface area contributed by atoms with E-state index >= 15 is 0 Å². The maximum absolute atomic E-state index is 12.4. The number of carbonyl (C=O) groups is 1. The van der Waals surface area contributed by atoms with E-state index in [2.05, 4.69) is 15.8 Å². The number of methoxy groups -OCH3 is 3. The number of carbonyl (C=O) groups excluding carboxylic acids is 1. The minimum absolute atomic E-state index is 0.271. The summed E-state index contributed by atoms with van der Waals surface area (Å²) >= 11 is 0. The summed E-state index contributed by atoms with van der Waals surface area (Å²) in [6.07, 6.45) is 0. The van der Waals surface area contributed by atoms with Crippen LogP contribution in [0.2, 0.25) is 0 Å². The molecule has 7 nitrogen and oxygen atoms in total. The fourth-order valence-electron chi connectivity index (χ4n) is 2.46. The highest BCUT2D eigenvalue weighted by molar-refractivity contribution is 6.02. The van der Waals surface area contributed by atoms with Crippen LogP contribution in [0.25, 0.3) is 0 Å². The highest BCUT2D eigenvalue weighted by Crippen LogP contribution is 2.25. The first-order chi connectivity index (χ1) is 13.0. The highest BCUT2D eigenvalue weighted by Gasteiger charge is 2.15. The highest BCUT2D eigenvalue weighted by atomic mass is 16.5. The Morgan fingerprint density at radius 3 is 2.37 bits per heavy atom. The smallest absolute Gasteiger partial charge is 0.262 e. The maximum atomic E-state index is 12.4. The molecule has 144 valence electrons. The van der Waals surface area contributed by atoms with Gasteiger partial charge in [0.2, 0.25) is 0 Å². The molecule has 0 aliphatic heterocycles. The zero-order valence-electron chi connectivity index (χ0n) is 16.2. The molecular formula is C20H25N3O4. The van der Waals surface area contributed by atoms with E-state index in [1.807, 2.05) is 36.4 Å². The number of hydrogen-bond donors (Lipinski definition) is 2. The van der Waals surface area contributed by atoms with Crippen LogP contribution in [-0.2, 0) is 4.79 Å². The van der Waals surface area contributed by atoms with E-state index in [0.717, 1.165) is 11.3 Å². The van der Waals surface area contributed by atoms with Crippen molar-refractivity contribution in [1.29, 1.82) is 0 Å². The van der Waals surface area contributed by atoms with Crippen LogP contribution in [0.5, 0.6) is 17.2 Å². The first-order valence-electron chi connectivity index (χ1n) is 8.46. The first-order valence-corrected chi connectivity index (χ1v) is 8.46. The van der Waals surface area contributed by atoms with Crippen LogP contribution in [0, 0.1) is 0 Å². The normalized spacial score (nSPS) is 12.1. The molecule has 0 fully saturated rings. The topological polar surface area (TPSA) is 81.2 Å². The Morgan fingerprint density at radius 1 is 1.00 bits per heavy atom. The molecule has 27 heavy (non-hydrogen) atoms. The van der Waals surface area contributed by atoms with E-state index in [9.17, 15) is 4.79 Å². The Hall–Kier alpha value is -3.22. The van der Waals surface area contributed by atoms with Gasteiger partial charge in [-0.25, -0.2) is 5.43 Å². The van der Waals surface area contributed by atoms with Gasteiger partial charge in [0.25, 0.3) is 5.91 Å². The predicted molar refractivity (Wildman–Crippen MR) is 106 cm³/mol. The summed E-state index contributed by atoms with van der Waals surface area (Å²) in [5.74, 6) is 1.69. The van der Waals surface area contributed by atoms with Crippen molar-refractivity contribution >= 4 is 17.3 Å². The summed E-state index contributed by atoms with van der Waals surface area (Å²) < 4.78 is 15.8. The molecule has 0 saturated heterocycles. The van der Waals surface area contributed by atoms with E-state index in [1.54, 1.807) is 41.2 Å². The average Bonchev–Trinajstić information content (AvgIpc) is 2.71. The summed E-state index contributed by atoms with van der Waals surface area (Å²) in [6.45, 7) is 3.55. The molecule has 0 bridgehead atoms. The molecule has 7 heteroatoms. The van der Waals surface area contributed by atoms with Crippen molar-refractivity contribution in [3.8, 4) is 17.2 Å². The lowest BCUT2D eigenvalue weighted by molar-refractivity contribution is -0.121. The lowest BCUT2D eigenvalue weighted by atomic mass is 10.1. The van der Waals surface area contributed by atoms with Crippen LogP contribution in [0.3, 0.4) is 0 Å². The van der Waals surface area contributed by atoms with Gasteiger partial charge >= 0.3 is 0 Å². The van der Waals surface area contributed by atoms with Gasteiger partial charge in [-0.05, 0) is 38.1 Å². The molecule has 0 aliphatic rings. The molecule has 0 aromatic heterocycles. The Morgan fingerprint density at radius 2 is 1.70 bits per heavy atom. The van der Waals surface area contributed by atoms with E-state index < -0.39 is 6.04 Å². The molecule has 2 aromatic carbocycles. The molecule has 0 heterocycles. The van der Waals surface area contributed by atoms with Crippen LogP contribution < -0.4 is 25.0 Å². The molecule has 0 radical (unpaired) electrons. The standard InChI is InChI=1S/C20H25N3O4/c1-13(16-11-10-15(25-3)12-19(16)27-5)22-23-20(24)14(2)21-17-8-6-7-9-18(17)26-4/h6-12,14,21H,1-5H3,(H,23,24)/t14-/m0/s1. The van der Waals surface area contributed by atoms with Gasteiger partial charge in [0, 0.05) is 11.6 Å². The van der Waals surface area contributed by atoms with E-state index in [-0.39, 0.29) is 5.91 Å². The number of hydrogen-bond acceptors (Lipinski definition) is 6. The molecule has 2 N–H and O–H groups in total. The van der Waals surface area contributed by atoms with Gasteiger partial charge < -0.3 is 19.5 Å². The van der Waals surface area contributed by atoms with E-state index in [1.165, 1.54) is 0 Å². The number of amides is 1. The van der Waals surface area contributed by atoms with Crippen LogP contribution >= 0.6 is 0 Å². The summed E-state index contributed by atoms with van der Waals surface area (Å²) in [7, 11) is 4.75. The third-order valence-electron chi connectivity index (χ3n) is 4.00. The van der Waals surface area contributed by atoms with Crippen molar-refractivity contribution in [2.45, 2.75) is 19.9 Å². The van der Waals surface area contributed by atoms with Crippen molar-refractivity contribution < 1.29 is 19.0 Å². The van der Waals surface area contributed by atoms with Crippen molar-refractivity contribution in [3.05, 3.63) is 48.0 Å². The second kappa shape index (κ2) is 9.47. The van der Waals surface area contributed by atoms with Crippen molar-refractivity contribution in [3.63, 3.8) is 0 Å². The van der Waals surface area contributed by atoms with Gasteiger partial charge in [0.05, 0.1) is 32.7 Å². The zero-order chi connectivity index (χ0) is 19.8. The molecular weight excluding hydrogens is 346 g/mol. The van der Waals surface area contributed by atoms with Gasteiger partial charge in [-0.2, -0.15) is 5.10 Å². The maximum Gasteiger partial charge on any atom is 0.262 e. The summed E-state index contributed by atoms with van der Waals surface area (Å²) in [6, 6.07) is 12.3. The predicted octanol–water partition coefficient (Wildman–Crippen LogP) is 3.05. The third kappa shape index (κ3) is 5.13. The molecule has 0 spiro atoms. The largest absolute Gasteiger partial charge is 0.497 e. The first kappa shape index (κ1) is 20.1. The Labute approximate surface area is 159 Å². The van der Waals surface area contributed by atoms with Crippen LogP contribution in [0.4, 0.5) is 5.69 Å². The fourth-order valence-corrected chi connectivity index (χ4v) is 2.46. The monoisotopic (exact) mass is 371 g/mol. The third-order valence-corrected chi connectivity index (χ3v) is 4.00. The molecule has 0 saturated carbocycles. The van der Waals surface area contributed by atoms with Gasteiger partial charge in [-0.3, -0.25) is 4.79 Å². The summed E-state index contributed by atoms with van der Waals surface area (Å²) in [4.78, 5) is 12.4. The number of rotatable bonds is 8. The van der Waals surface area contributed by atoms with Gasteiger partial charge in [-0.15, -0.1) is 0 Å². The number of para-hydroxylation sites is 2. The van der Waals surface area contributed by atoms with Crippen molar-refractivity contribution in [1.82, 2.24) is 5.43 Å². The van der Waals surface area contributed by atoms with Crippen LogP contribution in [0.15, 0.2) is 47.6 Å². The average molecular weight is 371 g/mol. The Bertz CT molecular complexity index is 821. The molecule has 0 unspecified atom stereocenters. The number of nitrogens with zero attached hydrogens (tertiary/aromatic N) is 1. The van der Waals surface area contributed by atoms with Gasteiger partial charge in [-0.1, -0.05) is 12.1 Å². The molecule has 0 aliphatic carbocycles. The van der Waals surface area contributed by atoms with E-state index in [0.29, 0.717) is 23.0 Å². The number of ether oxygens (including phenoxy) is 3. The SMILES string of the molecule is COc1ccc(C(C)=NNC(=O)[C@H](C)Nc2ccccc2OC)c(OC)c1. The van der Waals surface area contributed by atoms with Gasteiger partial charge in [0.15, 0.2) is 0 Å². The van der Waals surface area contributed by atoms with Crippen molar-refractivity contribution in [2.75, 3.05) is 26.6 Å². The number of benzene rings is 2. The van der Waals surface area contributed by atoms with Gasteiger partial charge in [0.1, 0.15) is 23.3 Å². The lowest BCUT2D eigenvalue weighted by Gasteiger charge is -2.16. The minimum atomic E-state index is -0.504. The Balaban J connectivity index is 2.06. The molecule has 2 aromatic rings. The summed E-state index contributed by atoms with van der Waals surface area (Å²) in [5.41, 5.74) is 4.70. The quantitative estimate of drug-likeness (QED) is 0.551. The fraction of sp³-hybridized carbons (Fsp3) is 0.300. The van der Waals surface area contributed by atoms with Crippen LogP contribution in [0.1, 0.15) is 19.4 Å². The Kier molecular flexibility index (Phi) is 7.05. The number of hydrazone groups is 1.